The molecule has 0 aliphatic carbocycles. The molecule has 2 aromatic rings. The lowest BCUT2D eigenvalue weighted by atomic mass is 10.0. The summed E-state index contributed by atoms with van der Waals surface area (Å²) in [6.07, 6.45) is 4.71. The van der Waals surface area contributed by atoms with Crippen molar-refractivity contribution < 1.29 is 38.9 Å². The van der Waals surface area contributed by atoms with Crippen molar-refractivity contribution in [3.8, 4) is 24.0 Å². The highest BCUT2D eigenvalue weighted by atomic mass is 16.6. The third-order valence-electron chi connectivity index (χ3n) is 5.37. The minimum absolute atomic E-state index is 0.0143. The van der Waals surface area contributed by atoms with Crippen LogP contribution >= 0.6 is 0 Å². The van der Waals surface area contributed by atoms with Crippen LogP contribution in [-0.2, 0) is 30.3 Å². The number of carbonyl (C=O) groups excluding carboxylic acids is 4. The minimum atomic E-state index is -1.42. The highest BCUT2D eigenvalue weighted by molar-refractivity contribution is 5.93. The topological polar surface area (TPSA) is 154 Å². The quantitative estimate of drug-likeness (QED) is 0.188. The van der Waals surface area contributed by atoms with E-state index in [0.29, 0.717) is 5.56 Å². The molecule has 2 atom stereocenters. The first-order valence-corrected chi connectivity index (χ1v) is 12.6. The second-order valence-electron chi connectivity index (χ2n) is 9.75. The van der Waals surface area contributed by atoms with Crippen LogP contribution in [-0.4, -0.2) is 63.8 Å². The monoisotopic (exact) mass is 553 g/mol. The third kappa shape index (κ3) is 9.87. The first-order chi connectivity index (χ1) is 18.8. The Labute approximate surface area is 233 Å². The zero-order valence-electron chi connectivity index (χ0n) is 23.0. The van der Waals surface area contributed by atoms with Crippen LogP contribution in [0.15, 0.2) is 48.5 Å². The summed E-state index contributed by atoms with van der Waals surface area (Å²) in [6.45, 7) is 6.74. The molecule has 11 heteroatoms. The molecule has 11 nitrogen and oxygen atoms in total. The van der Waals surface area contributed by atoms with Gasteiger partial charge in [0.1, 0.15) is 29.2 Å². The number of hydrogen-bond acceptors (Lipinski definition) is 8. The van der Waals surface area contributed by atoms with E-state index in [0.717, 1.165) is 4.90 Å². The number of carbonyl (C=O) groups is 4. The molecule has 0 aromatic heterocycles. The van der Waals surface area contributed by atoms with E-state index in [4.69, 9.17) is 15.9 Å². The van der Waals surface area contributed by atoms with Crippen LogP contribution in [0.3, 0.4) is 0 Å². The van der Waals surface area contributed by atoms with Gasteiger partial charge in [-0.25, -0.2) is 4.79 Å². The lowest BCUT2D eigenvalue weighted by Gasteiger charge is -2.30. The van der Waals surface area contributed by atoms with E-state index in [1.165, 1.54) is 36.4 Å². The standard InChI is InChI=1S/C29H35N3O8/c1-6-32(25(20-9-8-10-22(34)18-20)26(36)30-16-15-24(35)39-7-2)27(37)23(31-28(38)40-29(3,4)5)17-19-11-13-21(33)14-12-19/h1,8-14,18,23,25,33-34H,7,15-17H2,2-5H3,(H,30,36)(H,31,38). The van der Waals surface area contributed by atoms with Crippen LogP contribution in [0.2, 0.25) is 0 Å². The fourth-order valence-corrected chi connectivity index (χ4v) is 3.68. The van der Waals surface area contributed by atoms with Gasteiger partial charge in [-0.1, -0.05) is 30.7 Å². The zero-order valence-corrected chi connectivity index (χ0v) is 23.0. The maximum atomic E-state index is 13.9. The number of phenolic OH excluding ortho intramolecular Hbond substituents is 2. The molecule has 4 N–H and O–H groups in total. The van der Waals surface area contributed by atoms with Crippen molar-refractivity contribution in [1.82, 2.24) is 15.5 Å². The summed E-state index contributed by atoms with van der Waals surface area (Å²) in [5, 5.41) is 24.8. The molecule has 2 unspecified atom stereocenters. The van der Waals surface area contributed by atoms with E-state index >= 15 is 0 Å². The van der Waals surface area contributed by atoms with Crippen molar-refractivity contribution in [2.24, 2.45) is 0 Å². The minimum Gasteiger partial charge on any atom is -0.508 e. The summed E-state index contributed by atoms with van der Waals surface area (Å²) >= 11 is 0. The second-order valence-corrected chi connectivity index (χ2v) is 9.75. The van der Waals surface area contributed by atoms with Gasteiger partial charge in [-0.3, -0.25) is 19.3 Å². The van der Waals surface area contributed by atoms with Gasteiger partial charge in [-0.2, -0.15) is 0 Å². The Morgan fingerprint density at radius 2 is 1.73 bits per heavy atom. The van der Waals surface area contributed by atoms with Gasteiger partial charge in [0, 0.05) is 19.0 Å². The Morgan fingerprint density at radius 1 is 1.05 bits per heavy atom. The van der Waals surface area contributed by atoms with Crippen LogP contribution in [0.1, 0.15) is 51.3 Å². The maximum absolute atomic E-state index is 13.9. The molecule has 0 fully saturated rings. The maximum Gasteiger partial charge on any atom is 0.408 e. The van der Waals surface area contributed by atoms with Gasteiger partial charge in [0.15, 0.2) is 0 Å². The van der Waals surface area contributed by atoms with Crippen LogP contribution in [0.4, 0.5) is 4.79 Å². The normalized spacial score (nSPS) is 12.3. The molecule has 0 radical (unpaired) electrons. The molecule has 214 valence electrons. The van der Waals surface area contributed by atoms with Crippen LogP contribution < -0.4 is 10.6 Å². The van der Waals surface area contributed by atoms with E-state index < -0.39 is 41.6 Å². The number of phenols is 2. The highest BCUT2D eigenvalue weighted by Crippen LogP contribution is 2.25. The SMILES string of the molecule is C#CN(C(=O)C(Cc1ccc(O)cc1)NC(=O)OC(C)(C)C)C(C(=O)NCCC(=O)OCC)c1cccc(O)c1. The summed E-state index contributed by atoms with van der Waals surface area (Å²) in [6, 6.07) is 11.2. The van der Waals surface area contributed by atoms with Crippen molar-refractivity contribution in [3.63, 3.8) is 0 Å². The van der Waals surface area contributed by atoms with Crippen LogP contribution in [0.25, 0.3) is 0 Å². The molecule has 0 spiro atoms. The van der Waals surface area contributed by atoms with Crippen LogP contribution in [0.5, 0.6) is 11.5 Å². The van der Waals surface area contributed by atoms with E-state index in [1.807, 2.05) is 0 Å². The van der Waals surface area contributed by atoms with E-state index in [-0.39, 0.29) is 43.1 Å². The van der Waals surface area contributed by atoms with Crippen molar-refractivity contribution in [1.29, 1.82) is 0 Å². The Bertz CT molecular complexity index is 1230. The van der Waals surface area contributed by atoms with Gasteiger partial charge in [0.25, 0.3) is 5.91 Å². The molecule has 0 aliphatic heterocycles. The predicted octanol–water partition coefficient (Wildman–Crippen LogP) is 2.76. The fourth-order valence-electron chi connectivity index (χ4n) is 3.68. The number of aromatic hydroxyl groups is 2. The molecule has 3 amide bonds. The largest absolute Gasteiger partial charge is 0.508 e. The van der Waals surface area contributed by atoms with Gasteiger partial charge in [0.05, 0.1) is 13.0 Å². The van der Waals surface area contributed by atoms with Crippen LogP contribution in [0, 0.1) is 12.5 Å². The number of benzene rings is 2. The van der Waals surface area contributed by atoms with Gasteiger partial charge >= 0.3 is 12.1 Å². The smallest absolute Gasteiger partial charge is 0.408 e. The predicted molar refractivity (Wildman–Crippen MR) is 146 cm³/mol. The Kier molecular flexibility index (Phi) is 11.4. The summed E-state index contributed by atoms with van der Waals surface area (Å²) in [7, 11) is 0. The number of terminal acetylenes is 1. The average molecular weight is 554 g/mol. The molecule has 2 rings (SSSR count). The number of esters is 1. The van der Waals surface area contributed by atoms with E-state index in [1.54, 1.807) is 39.8 Å². The molecule has 2 aromatic carbocycles. The molecule has 0 saturated heterocycles. The number of alkyl carbamates (subject to hydrolysis) is 1. The number of hydrogen-bond donors (Lipinski definition) is 4. The van der Waals surface area contributed by atoms with Crippen molar-refractivity contribution in [3.05, 3.63) is 59.7 Å². The number of ether oxygens (including phenoxy) is 2. The number of amides is 3. The molecule has 0 saturated carbocycles. The van der Waals surface area contributed by atoms with E-state index in [2.05, 4.69) is 16.7 Å². The molecule has 0 bridgehead atoms. The molecule has 0 heterocycles. The van der Waals surface area contributed by atoms with Crippen molar-refractivity contribution >= 4 is 23.9 Å². The lowest BCUT2D eigenvalue weighted by molar-refractivity contribution is -0.143. The Morgan fingerprint density at radius 3 is 2.30 bits per heavy atom. The van der Waals surface area contributed by atoms with Gasteiger partial charge in [0.2, 0.25) is 5.91 Å². The van der Waals surface area contributed by atoms with Gasteiger partial charge < -0.3 is 30.3 Å². The number of rotatable bonds is 11. The molecule has 0 aliphatic rings. The Balaban J connectivity index is 2.42. The number of nitrogens with one attached hydrogen (secondary N) is 2. The first-order valence-electron chi connectivity index (χ1n) is 12.6. The molecular weight excluding hydrogens is 518 g/mol. The first kappa shape index (κ1) is 31.5. The molecular formula is C29H35N3O8. The zero-order chi connectivity index (χ0) is 29.9. The van der Waals surface area contributed by atoms with E-state index in [9.17, 15) is 29.4 Å². The summed E-state index contributed by atoms with van der Waals surface area (Å²) in [5.74, 6) is -2.20. The summed E-state index contributed by atoms with van der Waals surface area (Å²) in [5.41, 5.74) is -0.0807. The third-order valence-corrected chi connectivity index (χ3v) is 5.37. The Hall–Kier alpha value is -4.72. The average Bonchev–Trinajstić information content (AvgIpc) is 2.86. The van der Waals surface area contributed by atoms with Gasteiger partial charge in [-0.15, -0.1) is 0 Å². The second kappa shape index (κ2) is 14.4. The van der Waals surface area contributed by atoms with Gasteiger partial charge in [-0.05, 0) is 63.1 Å². The van der Waals surface area contributed by atoms with Crippen molar-refractivity contribution in [2.75, 3.05) is 13.2 Å². The summed E-state index contributed by atoms with van der Waals surface area (Å²) < 4.78 is 10.2. The fraction of sp³-hybridized carbons (Fsp3) is 0.379. The summed E-state index contributed by atoms with van der Waals surface area (Å²) in [4.78, 5) is 52.4. The molecule has 40 heavy (non-hydrogen) atoms. The lowest BCUT2D eigenvalue weighted by Crippen LogP contribution is -2.52. The highest BCUT2D eigenvalue weighted by Gasteiger charge is 2.36. The van der Waals surface area contributed by atoms with Crippen molar-refractivity contribution in [2.45, 2.75) is 58.2 Å². The number of nitrogens with zero attached hydrogens (tertiary/aromatic N) is 1.